The van der Waals surface area contributed by atoms with Gasteiger partial charge >= 0.3 is 0 Å². The highest BCUT2D eigenvalue weighted by Gasteiger charge is 2.14. The van der Waals surface area contributed by atoms with Crippen molar-refractivity contribution < 1.29 is 9.53 Å². The molecular formula is C15H19N3O2S. The molecule has 1 aromatic heterocycles. The molecule has 0 saturated carbocycles. The maximum atomic E-state index is 11.8. The van der Waals surface area contributed by atoms with Gasteiger partial charge in [0.2, 0.25) is 5.91 Å². The molecule has 21 heavy (non-hydrogen) atoms. The lowest BCUT2D eigenvalue weighted by Crippen LogP contribution is -2.43. The van der Waals surface area contributed by atoms with E-state index in [1.54, 1.807) is 11.3 Å². The molecule has 0 aliphatic carbocycles. The van der Waals surface area contributed by atoms with Gasteiger partial charge < -0.3 is 15.8 Å². The van der Waals surface area contributed by atoms with E-state index >= 15 is 0 Å². The van der Waals surface area contributed by atoms with E-state index in [1.807, 2.05) is 37.3 Å². The van der Waals surface area contributed by atoms with Gasteiger partial charge in [0.25, 0.3) is 0 Å². The summed E-state index contributed by atoms with van der Waals surface area (Å²) in [6.07, 6.45) is 0. The van der Waals surface area contributed by atoms with Crippen LogP contribution in [0.4, 0.5) is 0 Å². The van der Waals surface area contributed by atoms with Crippen LogP contribution >= 0.6 is 11.3 Å². The van der Waals surface area contributed by atoms with Crippen molar-refractivity contribution in [2.24, 2.45) is 5.73 Å². The highest BCUT2D eigenvalue weighted by atomic mass is 32.1. The van der Waals surface area contributed by atoms with Crippen molar-refractivity contribution in [1.82, 2.24) is 10.3 Å². The van der Waals surface area contributed by atoms with Crippen LogP contribution in [0.5, 0.6) is 0 Å². The number of nitrogens with one attached hydrogen (secondary N) is 1. The maximum absolute atomic E-state index is 11.8. The summed E-state index contributed by atoms with van der Waals surface area (Å²) in [6, 6.07) is 9.35. The first kappa shape index (κ1) is 15.6. The number of hydrogen-bond donors (Lipinski definition) is 2. The molecule has 1 atom stereocenters. The fourth-order valence-corrected chi connectivity index (χ4v) is 2.86. The molecule has 1 amide bonds. The van der Waals surface area contributed by atoms with Crippen LogP contribution in [-0.2, 0) is 16.1 Å². The molecule has 0 saturated heterocycles. The number of nitrogens with two attached hydrogens (primary N) is 1. The SMILES string of the molecule is COCC(N)C(=O)NCc1sc(-c2ccccc2)nc1C. The van der Waals surface area contributed by atoms with Crippen molar-refractivity contribution in [2.45, 2.75) is 19.5 Å². The predicted molar refractivity (Wildman–Crippen MR) is 84.0 cm³/mol. The van der Waals surface area contributed by atoms with Gasteiger partial charge in [-0.15, -0.1) is 11.3 Å². The van der Waals surface area contributed by atoms with E-state index in [4.69, 9.17) is 10.5 Å². The van der Waals surface area contributed by atoms with Crippen LogP contribution in [-0.4, -0.2) is 30.6 Å². The zero-order valence-electron chi connectivity index (χ0n) is 12.1. The number of benzene rings is 1. The third kappa shape index (κ3) is 4.10. The average molecular weight is 305 g/mol. The third-order valence-corrected chi connectivity index (χ3v) is 4.23. The van der Waals surface area contributed by atoms with Crippen molar-refractivity contribution in [3.63, 3.8) is 0 Å². The molecular weight excluding hydrogens is 286 g/mol. The Hall–Kier alpha value is -1.76. The third-order valence-electron chi connectivity index (χ3n) is 3.02. The van der Waals surface area contributed by atoms with Crippen molar-refractivity contribution in [2.75, 3.05) is 13.7 Å². The summed E-state index contributed by atoms with van der Waals surface area (Å²) in [5.41, 5.74) is 7.69. The summed E-state index contributed by atoms with van der Waals surface area (Å²) in [6.45, 7) is 2.59. The normalized spacial score (nSPS) is 12.1. The molecule has 0 bridgehead atoms. The fraction of sp³-hybridized carbons (Fsp3) is 0.333. The number of nitrogens with zero attached hydrogens (tertiary/aromatic N) is 1. The van der Waals surface area contributed by atoms with E-state index in [0.29, 0.717) is 6.54 Å². The van der Waals surface area contributed by atoms with Gasteiger partial charge in [0, 0.05) is 17.6 Å². The van der Waals surface area contributed by atoms with Gasteiger partial charge in [0.1, 0.15) is 11.0 Å². The molecule has 0 radical (unpaired) electrons. The molecule has 112 valence electrons. The first-order valence-electron chi connectivity index (χ1n) is 6.65. The summed E-state index contributed by atoms with van der Waals surface area (Å²) < 4.78 is 4.87. The van der Waals surface area contributed by atoms with Gasteiger partial charge in [-0.1, -0.05) is 30.3 Å². The Morgan fingerprint density at radius 3 is 2.81 bits per heavy atom. The topological polar surface area (TPSA) is 77.2 Å². The molecule has 2 rings (SSSR count). The monoisotopic (exact) mass is 305 g/mol. The number of hydrogen-bond acceptors (Lipinski definition) is 5. The van der Waals surface area contributed by atoms with Crippen molar-refractivity contribution in [3.8, 4) is 10.6 Å². The predicted octanol–water partition coefficient (Wildman–Crippen LogP) is 1.71. The molecule has 1 heterocycles. The number of carbonyl (C=O) groups is 1. The van der Waals surface area contributed by atoms with Gasteiger partial charge in [-0.3, -0.25) is 4.79 Å². The number of ether oxygens (including phenoxy) is 1. The van der Waals surface area contributed by atoms with E-state index in [-0.39, 0.29) is 12.5 Å². The first-order chi connectivity index (χ1) is 10.1. The molecule has 6 heteroatoms. The van der Waals surface area contributed by atoms with Crippen molar-refractivity contribution in [1.29, 1.82) is 0 Å². The van der Waals surface area contributed by atoms with Gasteiger partial charge in [0.05, 0.1) is 18.8 Å². The standard InChI is InChI=1S/C15H19N3O2S/c1-10-13(8-17-14(19)12(16)9-20-2)21-15(18-10)11-6-4-3-5-7-11/h3-7,12H,8-9,16H2,1-2H3,(H,17,19). The Balaban J connectivity index is 2.02. The summed E-state index contributed by atoms with van der Waals surface area (Å²) in [5, 5.41) is 3.77. The van der Waals surface area contributed by atoms with Crippen LogP contribution in [0, 0.1) is 6.92 Å². The number of carbonyl (C=O) groups excluding carboxylic acids is 1. The van der Waals surface area contributed by atoms with E-state index < -0.39 is 6.04 Å². The number of amides is 1. The average Bonchev–Trinajstić information content (AvgIpc) is 2.87. The second kappa shape index (κ2) is 7.31. The number of rotatable bonds is 6. The molecule has 0 aliphatic rings. The molecule has 5 nitrogen and oxygen atoms in total. The van der Waals surface area contributed by atoms with Gasteiger partial charge in [0.15, 0.2) is 0 Å². The molecule has 3 N–H and O–H groups in total. The summed E-state index contributed by atoms with van der Waals surface area (Å²) >= 11 is 1.58. The number of thiazole rings is 1. The van der Waals surface area contributed by atoms with E-state index in [9.17, 15) is 4.79 Å². The molecule has 0 spiro atoms. The van der Waals surface area contributed by atoms with E-state index in [2.05, 4.69) is 10.3 Å². The Labute approximate surface area is 128 Å². The quantitative estimate of drug-likeness (QED) is 0.851. The molecule has 0 fully saturated rings. The second-order valence-electron chi connectivity index (χ2n) is 4.67. The smallest absolute Gasteiger partial charge is 0.239 e. The van der Waals surface area contributed by atoms with Crippen LogP contribution in [0.15, 0.2) is 30.3 Å². The van der Waals surface area contributed by atoms with Gasteiger partial charge in [-0.25, -0.2) is 4.98 Å². The van der Waals surface area contributed by atoms with Gasteiger partial charge in [-0.05, 0) is 6.92 Å². The Bertz CT molecular complexity index is 598. The van der Waals surface area contributed by atoms with Crippen molar-refractivity contribution >= 4 is 17.2 Å². The molecule has 1 aromatic carbocycles. The molecule has 0 aliphatic heterocycles. The van der Waals surface area contributed by atoms with Crippen LogP contribution in [0.2, 0.25) is 0 Å². The fourth-order valence-electron chi connectivity index (χ4n) is 1.85. The van der Waals surface area contributed by atoms with Crippen LogP contribution < -0.4 is 11.1 Å². The summed E-state index contributed by atoms with van der Waals surface area (Å²) in [7, 11) is 1.52. The number of aromatic nitrogens is 1. The molecule has 2 aromatic rings. The van der Waals surface area contributed by atoms with E-state index in [1.165, 1.54) is 7.11 Å². The van der Waals surface area contributed by atoms with Crippen molar-refractivity contribution in [3.05, 3.63) is 40.9 Å². The lowest BCUT2D eigenvalue weighted by molar-refractivity contribution is -0.123. The Morgan fingerprint density at radius 2 is 2.14 bits per heavy atom. The summed E-state index contributed by atoms with van der Waals surface area (Å²) in [4.78, 5) is 17.3. The van der Waals surface area contributed by atoms with Crippen LogP contribution in [0.25, 0.3) is 10.6 Å². The minimum atomic E-state index is -0.642. The number of methoxy groups -OCH3 is 1. The van der Waals surface area contributed by atoms with Gasteiger partial charge in [-0.2, -0.15) is 0 Å². The van der Waals surface area contributed by atoms with Crippen LogP contribution in [0.3, 0.4) is 0 Å². The molecule has 1 unspecified atom stereocenters. The zero-order valence-corrected chi connectivity index (χ0v) is 12.9. The largest absolute Gasteiger partial charge is 0.383 e. The summed E-state index contributed by atoms with van der Waals surface area (Å²) in [5.74, 6) is -0.217. The second-order valence-corrected chi connectivity index (χ2v) is 5.76. The number of aryl methyl sites for hydroxylation is 1. The minimum absolute atomic E-state index is 0.211. The van der Waals surface area contributed by atoms with Crippen LogP contribution in [0.1, 0.15) is 10.6 Å². The lowest BCUT2D eigenvalue weighted by Gasteiger charge is -2.10. The zero-order chi connectivity index (χ0) is 15.2. The highest BCUT2D eigenvalue weighted by Crippen LogP contribution is 2.27. The Morgan fingerprint density at radius 1 is 1.43 bits per heavy atom. The maximum Gasteiger partial charge on any atom is 0.239 e. The van der Waals surface area contributed by atoms with E-state index in [0.717, 1.165) is 21.1 Å². The minimum Gasteiger partial charge on any atom is -0.383 e. The Kier molecular flexibility index (Phi) is 5.44. The highest BCUT2D eigenvalue weighted by molar-refractivity contribution is 7.15. The lowest BCUT2D eigenvalue weighted by atomic mass is 10.2. The first-order valence-corrected chi connectivity index (χ1v) is 7.47.